The Kier molecular flexibility index (Phi) is 4.69. The highest BCUT2D eigenvalue weighted by molar-refractivity contribution is 7.92. The Morgan fingerprint density at radius 2 is 1.54 bits per heavy atom. The molecule has 3 rings (SSSR count). The second-order valence-corrected chi connectivity index (χ2v) is 8.05. The fraction of sp³-hybridized carbons (Fsp3) is 0.222. The molecule has 1 heterocycles. The maximum Gasteiger partial charge on any atom is 0.261 e. The van der Waals surface area contributed by atoms with E-state index in [9.17, 15) is 18.0 Å². The largest absolute Gasteiger partial charge is 0.324 e. The predicted octanol–water partition coefficient (Wildman–Crippen LogP) is 2.89. The molecule has 0 bridgehead atoms. The van der Waals surface area contributed by atoms with Gasteiger partial charge in [-0.05, 0) is 41.8 Å². The predicted molar refractivity (Wildman–Crippen MR) is 99.7 cm³/mol. The average Bonchev–Trinajstić information content (AvgIpc) is 2.70. The van der Waals surface area contributed by atoms with Crippen molar-refractivity contribution in [3.8, 4) is 0 Å². The van der Waals surface area contributed by atoms with Crippen LogP contribution in [0.4, 0.5) is 17.1 Å². The molecule has 0 saturated carbocycles. The normalized spacial score (nSPS) is 14.3. The minimum atomic E-state index is -3.84. The van der Waals surface area contributed by atoms with Crippen LogP contribution in [0.2, 0.25) is 0 Å². The third kappa shape index (κ3) is 3.85. The summed E-state index contributed by atoms with van der Waals surface area (Å²) in [4.78, 5) is 23.2. The molecular weight excluding hydrogens is 354 g/mol. The summed E-state index contributed by atoms with van der Waals surface area (Å²) in [6, 6.07) is 11.3. The molecule has 2 amide bonds. The van der Waals surface area contributed by atoms with Gasteiger partial charge < -0.3 is 10.6 Å². The molecule has 7 nitrogen and oxygen atoms in total. The topological polar surface area (TPSA) is 104 Å². The van der Waals surface area contributed by atoms with Crippen LogP contribution in [-0.4, -0.2) is 20.2 Å². The Morgan fingerprint density at radius 1 is 0.923 bits per heavy atom. The first kappa shape index (κ1) is 17.9. The molecule has 0 aromatic heterocycles. The average molecular weight is 373 g/mol. The molecule has 26 heavy (non-hydrogen) atoms. The molecule has 2 aromatic rings. The Morgan fingerprint density at radius 3 is 2.15 bits per heavy atom. The number of anilines is 3. The van der Waals surface area contributed by atoms with Crippen LogP contribution in [-0.2, 0) is 19.6 Å². The van der Waals surface area contributed by atoms with Crippen molar-refractivity contribution in [3.05, 3.63) is 48.0 Å². The molecule has 0 aliphatic carbocycles. The van der Waals surface area contributed by atoms with Crippen LogP contribution in [0.15, 0.2) is 47.4 Å². The van der Waals surface area contributed by atoms with Crippen LogP contribution in [0.3, 0.4) is 0 Å². The first-order valence-corrected chi connectivity index (χ1v) is 9.59. The van der Waals surface area contributed by atoms with E-state index >= 15 is 0 Å². The standard InChI is InChI=1S/C18H19N3O4S/c1-11(2)12-3-5-13(6-4-12)21-26(24,25)14-7-8-15-16(9-14)20-18(23)10-17(22)19-15/h3-9,11,21H,10H2,1-2H3,(H,19,22)(H,20,23). The summed E-state index contributed by atoms with van der Waals surface area (Å²) >= 11 is 0. The lowest BCUT2D eigenvalue weighted by atomic mass is 10.0. The first-order valence-electron chi connectivity index (χ1n) is 8.11. The summed E-state index contributed by atoms with van der Waals surface area (Å²) in [5.74, 6) is -0.586. The van der Waals surface area contributed by atoms with Gasteiger partial charge in [0, 0.05) is 5.69 Å². The zero-order valence-electron chi connectivity index (χ0n) is 14.4. The number of fused-ring (bicyclic) bond motifs is 1. The number of hydrogen-bond donors (Lipinski definition) is 3. The molecule has 0 fully saturated rings. The van der Waals surface area contributed by atoms with E-state index in [4.69, 9.17) is 0 Å². The minimum absolute atomic E-state index is 0.0133. The summed E-state index contributed by atoms with van der Waals surface area (Å²) in [6.07, 6.45) is -0.308. The second kappa shape index (κ2) is 6.80. The zero-order chi connectivity index (χ0) is 18.9. The zero-order valence-corrected chi connectivity index (χ0v) is 15.2. The Hall–Kier alpha value is -2.87. The van der Waals surface area contributed by atoms with Gasteiger partial charge in [-0.2, -0.15) is 0 Å². The fourth-order valence-electron chi connectivity index (χ4n) is 2.59. The summed E-state index contributed by atoms with van der Waals surface area (Å²) in [7, 11) is -3.84. The molecule has 0 spiro atoms. The molecule has 8 heteroatoms. The van der Waals surface area contributed by atoms with Crippen molar-refractivity contribution >= 4 is 38.9 Å². The Labute approximate surface area is 151 Å². The molecule has 3 N–H and O–H groups in total. The van der Waals surface area contributed by atoms with Crippen LogP contribution < -0.4 is 15.4 Å². The van der Waals surface area contributed by atoms with E-state index in [0.717, 1.165) is 5.56 Å². The molecule has 0 atom stereocenters. The van der Waals surface area contributed by atoms with E-state index in [1.807, 2.05) is 12.1 Å². The molecule has 0 saturated heterocycles. The quantitative estimate of drug-likeness (QED) is 0.717. The van der Waals surface area contributed by atoms with Gasteiger partial charge in [-0.1, -0.05) is 26.0 Å². The van der Waals surface area contributed by atoms with Gasteiger partial charge in [0.1, 0.15) is 6.42 Å². The Bertz CT molecular complexity index is 966. The van der Waals surface area contributed by atoms with Crippen molar-refractivity contribution in [1.29, 1.82) is 0 Å². The van der Waals surface area contributed by atoms with Crippen LogP contribution in [0.25, 0.3) is 0 Å². The molecule has 0 unspecified atom stereocenters. The number of carbonyl (C=O) groups is 2. The number of amides is 2. The highest BCUT2D eigenvalue weighted by Gasteiger charge is 2.21. The number of sulfonamides is 1. The van der Waals surface area contributed by atoms with Gasteiger partial charge in [-0.15, -0.1) is 0 Å². The minimum Gasteiger partial charge on any atom is -0.324 e. The molecule has 0 radical (unpaired) electrons. The van der Waals surface area contributed by atoms with Crippen LogP contribution in [0.1, 0.15) is 31.7 Å². The number of carbonyl (C=O) groups excluding carboxylic acids is 2. The van der Waals surface area contributed by atoms with Gasteiger partial charge in [0.25, 0.3) is 10.0 Å². The fourth-order valence-corrected chi connectivity index (χ4v) is 3.67. The van der Waals surface area contributed by atoms with E-state index in [1.54, 1.807) is 12.1 Å². The lowest BCUT2D eigenvalue weighted by Crippen LogP contribution is -2.16. The van der Waals surface area contributed by atoms with Gasteiger partial charge in [0.05, 0.1) is 16.3 Å². The SMILES string of the molecule is CC(C)c1ccc(NS(=O)(=O)c2ccc3c(c2)NC(=O)CC(=O)N3)cc1. The van der Waals surface area contributed by atoms with Crippen LogP contribution in [0, 0.1) is 0 Å². The molecule has 2 aromatic carbocycles. The lowest BCUT2D eigenvalue weighted by Gasteiger charge is -2.12. The molecule has 1 aliphatic heterocycles. The summed E-state index contributed by atoms with van der Waals surface area (Å²) in [5.41, 5.74) is 2.16. The van der Waals surface area contributed by atoms with E-state index in [-0.39, 0.29) is 17.0 Å². The highest BCUT2D eigenvalue weighted by atomic mass is 32.2. The van der Waals surface area contributed by atoms with Crippen LogP contribution >= 0.6 is 0 Å². The van der Waals surface area contributed by atoms with Crippen LogP contribution in [0.5, 0.6) is 0 Å². The van der Waals surface area contributed by atoms with Crippen molar-refractivity contribution < 1.29 is 18.0 Å². The number of rotatable bonds is 4. The van der Waals surface area contributed by atoms with Gasteiger partial charge in [-0.3, -0.25) is 14.3 Å². The smallest absolute Gasteiger partial charge is 0.261 e. The number of hydrogen-bond acceptors (Lipinski definition) is 4. The molecule has 1 aliphatic rings. The molecular formula is C18H19N3O4S. The lowest BCUT2D eigenvalue weighted by molar-refractivity contribution is -0.123. The summed E-state index contributed by atoms with van der Waals surface area (Å²) < 4.78 is 27.8. The summed E-state index contributed by atoms with van der Waals surface area (Å²) in [5, 5.41) is 5.09. The van der Waals surface area contributed by atoms with Gasteiger partial charge >= 0.3 is 0 Å². The Balaban J connectivity index is 1.88. The van der Waals surface area contributed by atoms with Crippen molar-refractivity contribution in [3.63, 3.8) is 0 Å². The van der Waals surface area contributed by atoms with Gasteiger partial charge in [-0.25, -0.2) is 8.42 Å². The van der Waals surface area contributed by atoms with E-state index in [2.05, 4.69) is 29.2 Å². The van der Waals surface area contributed by atoms with E-state index in [0.29, 0.717) is 17.3 Å². The molecule has 136 valence electrons. The third-order valence-electron chi connectivity index (χ3n) is 4.00. The van der Waals surface area contributed by atoms with E-state index in [1.165, 1.54) is 18.2 Å². The maximum atomic E-state index is 12.6. The van der Waals surface area contributed by atoms with Gasteiger partial charge in [0.15, 0.2) is 0 Å². The summed E-state index contributed by atoms with van der Waals surface area (Å²) in [6.45, 7) is 4.11. The highest BCUT2D eigenvalue weighted by Crippen LogP contribution is 2.29. The first-order chi connectivity index (χ1) is 12.2. The van der Waals surface area contributed by atoms with Crippen molar-refractivity contribution in [1.82, 2.24) is 0 Å². The third-order valence-corrected chi connectivity index (χ3v) is 5.38. The van der Waals surface area contributed by atoms with E-state index < -0.39 is 21.8 Å². The van der Waals surface area contributed by atoms with Gasteiger partial charge in [0.2, 0.25) is 11.8 Å². The number of benzene rings is 2. The van der Waals surface area contributed by atoms with Crippen molar-refractivity contribution in [2.75, 3.05) is 15.4 Å². The van der Waals surface area contributed by atoms with Crippen molar-refractivity contribution in [2.45, 2.75) is 31.1 Å². The number of nitrogens with one attached hydrogen (secondary N) is 3. The maximum absolute atomic E-state index is 12.6. The van der Waals surface area contributed by atoms with Crippen molar-refractivity contribution in [2.24, 2.45) is 0 Å². The second-order valence-electron chi connectivity index (χ2n) is 6.36. The monoisotopic (exact) mass is 373 g/mol.